The summed E-state index contributed by atoms with van der Waals surface area (Å²) in [6, 6.07) is 10.1. The molecule has 0 bridgehead atoms. The molecule has 0 aliphatic heterocycles. The largest absolute Gasteiger partial charge is 0.493 e. The molecule has 0 aliphatic carbocycles. The van der Waals surface area contributed by atoms with Gasteiger partial charge in [-0.1, -0.05) is 12.1 Å². The number of benzene rings is 2. The minimum absolute atomic E-state index is 0.0732. The van der Waals surface area contributed by atoms with Crippen LogP contribution in [-0.4, -0.2) is 37.2 Å². The van der Waals surface area contributed by atoms with Crippen LogP contribution in [0.25, 0.3) is 0 Å². The number of hydrogen-bond donors (Lipinski definition) is 1. The number of carbonyl (C=O) groups is 1. The highest BCUT2D eigenvalue weighted by molar-refractivity contribution is 5.99. The molecule has 0 saturated carbocycles. The third kappa shape index (κ3) is 6.10. The molecule has 0 aromatic heterocycles. The van der Waals surface area contributed by atoms with E-state index < -0.39 is 10.8 Å². The number of ether oxygens (including phenoxy) is 3. The number of amides is 1. The summed E-state index contributed by atoms with van der Waals surface area (Å²) in [5.41, 5.74) is 0.609. The van der Waals surface area contributed by atoms with Gasteiger partial charge >= 0.3 is 0 Å². The molecule has 1 amide bonds. The molecule has 156 valence electrons. The Morgan fingerprint density at radius 2 is 1.86 bits per heavy atom. The van der Waals surface area contributed by atoms with E-state index in [-0.39, 0.29) is 28.9 Å². The molecule has 0 spiro atoms. The van der Waals surface area contributed by atoms with Gasteiger partial charge in [0.15, 0.2) is 11.5 Å². The second kappa shape index (κ2) is 10.3. The number of methoxy groups -OCH3 is 1. The van der Waals surface area contributed by atoms with E-state index in [2.05, 4.69) is 5.32 Å². The highest BCUT2D eigenvalue weighted by atomic mass is 16.6. The lowest BCUT2D eigenvalue weighted by molar-refractivity contribution is -0.385. The molecular weight excluding hydrogens is 376 g/mol. The zero-order valence-corrected chi connectivity index (χ0v) is 17.1. The summed E-state index contributed by atoms with van der Waals surface area (Å²) in [6.45, 7) is 6.32. The van der Waals surface area contributed by atoms with Crippen LogP contribution in [0.4, 0.5) is 5.69 Å². The third-order valence-electron chi connectivity index (χ3n) is 4.02. The van der Waals surface area contributed by atoms with Crippen molar-refractivity contribution in [2.45, 2.75) is 33.3 Å². The third-order valence-corrected chi connectivity index (χ3v) is 4.02. The van der Waals surface area contributed by atoms with Crippen molar-refractivity contribution >= 4 is 11.6 Å². The lowest BCUT2D eigenvalue weighted by atomic mass is 10.1. The minimum atomic E-state index is -0.607. The van der Waals surface area contributed by atoms with Crippen molar-refractivity contribution in [1.29, 1.82) is 0 Å². The zero-order chi connectivity index (χ0) is 21.4. The van der Waals surface area contributed by atoms with Gasteiger partial charge in [0.05, 0.1) is 30.8 Å². The Hall–Kier alpha value is -3.29. The van der Waals surface area contributed by atoms with Crippen molar-refractivity contribution in [2.75, 3.05) is 20.3 Å². The fourth-order valence-electron chi connectivity index (χ4n) is 2.73. The molecule has 0 radical (unpaired) electrons. The molecule has 0 aliphatic rings. The Morgan fingerprint density at radius 3 is 2.41 bits per heavy atom. The summed E-state index contributed by atoms with van der Waals surface area (Å²) in [6.07, 6.45) is 0.678. The number of carbonyl (C=O) groups excluding carboxylic acids is 1. The fourth-order valence-corrected chi connectivity index (χ4v) is 2.73. The van der Waals surface area contributed by atoms with Crippen LogP contribution in [0.15, 0.2) is 36.4 Å². The molecule has 0 atom stereocenters. The van der Waals surface area contributed by atoms with Gasteiger partial charge in [-0.25, -0.2) is 0 Å². The molecule has 1 N–H and O–H groups in total. The summed E-state index contributed by atoms with van der Waals surface area (Å²) in [5, 5.41) is 14.1. The van der Waals surface area contributed by atoms with Gasteiger partial charge in [0.1, 0.15) is 11.3 Å². The normalized spacial score (nSPS) is 10.5. The van der Waals surface area contributed by atoms with E-state index in [1.165, 1.54) is 19.2 Å². The van der Waals surface area contributed by atoms with Gasteiger partial charge in [-0.15, -0.1) is 0 Å². The average molecular weight is 402 g/mol. The van der Waals surface area contributed by atoms with Crippen molar-refractivity contribution in [3.8, 4) is 17.2 Å². The smallest absolute Gasteiger partial charge is 0.286 e. The Morgan fingerprint density at radius 1 is 1.17 bits per heavy atom. The van der Waals surface area contributed by atoms with Gasteiger partial charge in [0.2, 0.25) is 0 Å². The van der Waals surface area contributed by atoms with E-state index in [0.717, 1.165) is 11.3 Å². The quantitative estimate of drug-likeness (QED) is 0.480. The minimum Gasteiger partial charge on any atom is -0.493 e. The maximum Gasteiger partial charge on any atom is 0.286 e. The molecule has 8 heteroatoms. The monoisotopic (exact) mass is 402 g/mol. The lowest BCUT2D eigenvalue weighted by Gasteiger charge is -2.12. The first-order valence-electron chi connectivity index (χ1n) is 9.38. The number of nitro groups is 1. The van der Waals surface area contributed by atoms with E-state index in [1.807, 2.05) is 38.1 Å². The van der Waals surface area contributed by atoms with Gasteiger partial charge in [0, 0.05) is 12.6 Å². The molecule has 8 nitrogen and oxygen atoms in total. The number of hydrogen-bond acceptors (Lipinski definition) is 6. The summed E-state index contributed by atoms with van der Waals surface area (Å²) in [4.78, 5) is 23.3. The predicted molar refractivity (Wildman–Crippen MR) is 109 cm³/mol. The molecular formula is C21H26N2O6. The van der Waals surface area contributed by atoms with Crippen molar-refractivity contribution in [2.24, 2.45) is 0 Å². The first-order valence-corrected chi connectivity index (χ1v) is 9.38. The number of nitrogens with one attached hydrogen (secondary N) is 1. The zero-order valence-electron chi connectivity index (χ0n) is 17.1. The van der Waals surface area contributed by atoms with Gasteiger partial charge in [-0.2, -0.15) is 0 Å². The van der Waals surface area contributed by atoms with E-state index in [0.29, 0.717) is 19.6 Å². The first kappa shape index (κ1) is 22.0. The average Bonchev–Trinajstić information content (AvgIpc) is 2.68. The highest BCUT2D eigenvalue weighted by Crippen LogP contribution is 2.34. The summed E-state index contributed by atoms with van der Waals surface area (Å²) in [7, 11) is 1.41. The number of nitro benzene ring substituents is 1. The number of rotatable bonds is 10. The van der Waals surface area contributed by atoms with E-state index >= 15 is 0 Å². The maximum absolute atomic E-state index is 12.5. The Kier molecular flexibility index (Phi) is 7.82. The highest BCUT2D eigenvalue weighted by Gasteiger charge is 2.24. The van der Waals surface area contributed by atoms with Crippen molar-refractivity contribution in [1.82, 2.24) is 5.32 Å². The standard InChI is InChI=1S/C21H26N2O6/c1-5-28-20-13-18(23(25)26)17(12-19(20)27-4)21(24)22-11-10-15-6-8-16(9-7-15)29-14(2)3/h6-9,12-14H,5,10-11H2,1-4H3,(H,22,24). The van der Waals surface area contributed by atoms with Crippen molar-refractivity contribution < 1.29 is 23.9 Å². The van der Waals surface area contributed by atoms with E-state index in [9.17, 15) is 14.9 Å². The Bertz CT molecular complexity index is 849. The van der Waals surface area contributed by atoms with Crippen LogP contribution in [-0.2, 0) is 6.42 Å². The fraction of sp³-hybridized carbons (Fsp3) is 0.381. The molecule has 2 rings (SSSR count). The van der Waals surface area contributed by atoms with Crippen LogP contribution in [0.2, 0.25) is 0 Å². The van der Waals surface area contributed by atoms with Gasteiger partial charge in [0.25, 0.3) is 11.6 Å². The van der Waals surface area contributed by atoms with Gasteiger partial charge in [-0.05, 0) is 44.9 Å². The molecule has 0 fully saturated rings. The van der Waals surface area contributed by atoms with Gasteiger partial charge < -0.3 is 19.5 Å². The van der Waals surface area contributed by atoms with Crippen LogP contribution in [0, 0.1) is 10.1 Å². The van der Waals surface area contributed by atoms with Crippen LogP contribution < -0.4 is 19.5 Å². The number of nitrogens with zero attached hydrogens (tertiary/aromatic N) is 1. The Labute approximate surface area is 169 Å². The van der Waals surface area contributed by atoms with Crippen molar-refractivity contribution in [3.05, 3.63) is 57.6 Å². The Balaban J connectivity index is 2.07. The molecule has 0 unspecified atom stereocenters. The molecule has 29 heavy (non-hydrogen) atoms. The van der Waals surface area contributed by atoms with Crippen LogP contribution in [0.1, 0.15) is 36.7 Å². The lowest BCUT2D eigenvalue weighted by Crippen LogP contribution is -2.26. The summed E-state index contributed by atoms with van der Waals surface area (Å²) >= 11 is 0. The predicted octanol–water partition coefficient (Wildman–Crippen LogP) is 3.76. The SMILES string of the molecule is CCOc1cc([N+](=O)[O-])c(C(=O)NCCc2ccc(OC(C)C)cc2)cc1OC. The molecule has 0 heterocycles. The second-order valence-electron chi connectivity index (χ2n) is 6.53. The van der Waals surface area contributed by atoms with Crippen LogP contribution in [0.3, 0.4) is 0 Å². The second-order valence-corrected chi connectivity index (χ2v) is 6.53. The van der Waals surface area contributed by atoms with Crippen LogP contribution >= 0.6 is 0 Å². The topological polar surface area (TPSA) is 99.9 Å². The summed E-state index contributed by atoms with van der Waals surface area (Å²) < 4.78 is 16.1. The van der Waals surface area contributed by atoms with Crippen LogP contribution in [0.5, 0.6) is 17.2 Å². The maximum atomic E-state index is 12.5. The van der Waals surface area contributed by atoms with Crippen molar-refractivity contribution in [3.63, 3.8) is 0 Å². The molecule has 2 aromatic rings. The van der Waals surface area contributed by atoms with Gasteiger partial charge in [-0.3, -0.25) is 14.9 Å². The van der Waals surface area contributed by atoms with E-state index in [1.54, 1.807) is 6.92 Å². The molecule has 2 aromatic carbocycles. The summed E-state index contributed by atoms with van der Waals surface area (Å²) in [5.74, 6) is 0.730. The first-order chi connectivity index (χ1) is 13.8. The van der Waals surface area contributed by atoms with E-state index in [4.69, 9.17) is 14.2 Å². The molecule has 0 saturated heterocycles.